The van der Waals surface area contributed by atoms with Gasteiger partial charge in [0, 0.05) is 90.5 Å². The summed E-state index contributed by atoms with van der Waals surface area (Å²) in [7, 11) is 0. The normalized spacial score (nSPS) is 10.7. The van der Waals surface area contributed by atoms with Crippen LogP contribution in [0.1, 0.15) is 97.8 Å². The van der Waals surface area contributed by atoms with E-state index in [1.54, 1.807) is 20.8 Å². The number of alkyl carbamates (subject to hydrolysis) is 3. The van der Waals surface area contributed by atoms with E-state index < -0.39 is 53.3 Å². The first-order valence-corrected chi connectivity index (χ1v) is 28.1. The maximum atomic E-state index is 13.6. The Morgan fingerprint density at radius 2 is 0.653 bits per heavy atom. The first-order chi connectivity index (χ1) is 34.7. The van der Waals surface area contributed by atoms with Crippen LogP contribution in [-0.2, 0) is 62.4 Å². The third kappa shape index (κ3) is 30.1. The number of ether oxygens (including phenoxy) is 6. The molecule has 0 saturated heterocycles. The fourth-order valence-electron chi connectivity index (χ4n) is 6.27. The summed E-state index contributed by atoms with van der Waals surface area (Å²) in [4.78, 5) is 112. The summed E-state index contributed by atoms with van der Waals surface area (Å²) in [5.74, 6) is 1.24. The fourth-order valence-corrected chi connectivity index (χ4v) is 8.40. The number of rotatable bonds is 42. The number of carbonyl (C=O) groups is 6. The Labute approximate surface area is 435 Å². The summed E-state index contributed by atoms with van der Waals surface area (Å²) in [6.45, 7) is 19.0. The van der Waals surface area contributed by atoms with Gasteiger partial charge in [0.1, 0.15) is 19.8 Å². The lowest BCUT2D eigenvalue weighted by molar-refractivity contribution is -0.139. The third-order valence-electron chi connectivity index (χ3n) is 10.0. The minimum atomic E-state index is -0.666. The minimum Gasteiger partial charge on any atom is -0.463 e. The smallest absolute Gasteiger partial charge is 0.407 e. The number of aromatic nitrogens is 3. The van der Waals surface area contributed by atoms with Gasteiger partial charge in [0.15, 0.2) is 0 Å². The highest BCUT2D eigenvalue weighted by atomic mass is 32.2. The Morgan fingerprint density at radius 1 is 0.403 bits per heavy atom. The molecule has 3 amide bonds. The number of carbonyl (C=O) groups excluding carboxylic acids is 6. The van der Waals surface area contributed by atoms with Crippen molar-refractivity contribution in [2.24, 2.45) is 0 Å². The number of nitrogens with zero attached hydrogens (tertiary/aromatic N) is 3. The Kier molecular flexibility index (Phi) is 37.3. The molecule has 1 aromatic heterocycles. The summed E-state index contributed by atoms with van der Waals surface area (Å²) in [6.07, 6.45) is 5.82. The molecule has 0 aliphatic rings. The van der Waals surface area contributed by atoms with Crippen LogP contribution in [0, 0.1) is 0 Å². The van der Waals surface area contributed by atoms with Crippen LogP contribution in [0.2, 0.25) is 0 Å². The van der Waals surface area contributed by atoms with Crippen LogP contribution in [0.5, 0.6) is 0 Å². The maximum absolute atomic E-state index is 13.6. The molecule has 0 fully saturated rings. The van der Waals surface area contributed by atoms with E-state index in [9.17, 15) is 43.2 Å². The van der Waals surface area contributed by atoms with Gasteiger partial charge >= 0.3 is 53.3 Å². The van der Waals surface area contributed by atoms with Gasteiger partial charge in [-0.3, -0.25) is 0 Å². The summed E-state index contributed by atoms with van der Waals surface area (Å²) in [5.41, 5.74) is -0.963. The third-order valence-corrected chi connectivity index (χ3v) is 13.0. The number of amides is 3. The molecule has 0 unspecified atom stereocenters. The molecule has 72 heavy (non-hydrogen) atoms. The van der Waals surface area contributed by atoms with Crippen LogP contribution in [0.3, 0.4) is 0 Å². The van der Waals surface area contributed by atoms with Gasteiger partial charge in [-0.2, -0.15) is 35.3 Å². The van der Waals surface area contributed by atoms with Crippen molar-refractivity contribution < 1.29 is 57.2 Å². The van der Waals surface area contributed by atoms with Gasteiger partial charge in [-0.25, -0.2) is 56.9 Å². The zero-order chi connectivity index (χ0) is 53.4. The molecule has 408 valence electrons. The van der Waals surface area contributed by atoms with Crippen molar-refractivity contribution in [2.75, 3.05) is 93.8 Å². The lowest BCUT2D eigenvalue weighted by atomic mass is 10.2. The Bertz CT molecular complexity index is 1790. The Hall–Kier alpha value is -5.10. The Balaban J connectivity index is 2.64. The van der Waals surface area contributed by atoms with E-state index in [-0.39, 0.29) is 59.3 Å². The fraction of sp³-hybridized carbons (Fsp3) is 0.688. The number of hydrogen-bond donors (Lipinski definition) is 3. The zero-order valence-electron chi connectivity index (χ0n) is 42.5. The van der Waals surface area contributed by atoms with Crippen molar-refractivity contribution in [1.29, 1.82) is 0 Å². The predicted octanol–water partition coefficient (Wildman–Crippen LogP) is 5.59. The van der Waals surface area contributed by atoms with Crippen molar-refractivity contribution in [3.8, 4) is 0 Å². The van der Waals surface area contributed by atoms with Gasteiger partial charge in [0.25, 0.3) is 0 Å². The van der Waals surface area contributed by atoms with E-state index in [1.807, 2.05) is 0 Å². The second-order valence-corrected chi connectivity index (χ2v) is 19.2. The SMILES string of the molecule is C=C(CSCCOC(=O)NCCCCCCn1c(=O)n(CCCCCCNC(=O)OCCSCC(=C)C(=O)OCC)c(=O)n(CCCCCCNC(=O)OCCSCC(=C)C(=O)OCC)c1=O)C(=O)OCC. The molecule has 0 aliphatic heterocycles. The average Bonchev–Trinajstić information content (AvgIpc) is 3.35. The molecule has 1 rings (SSSR count). The quantitative estimate of drug-likeness (QED) is 0.0312. The number of nitrogens with one attached hydrogen (secondary N) is 3. The molecule has 21 nitrogen and oxygen atoms in total. The topological polar surface area (TPSA) is 260 Å². The highest BCUT2D eigenvalue weighted by Gasteiger charge is 2.16. The molecule has 1 aromatic rings. The molecule has 0 saturated carbocycles. The molecule has 0 aromatic carbocycles. The van der Waals surface area contributed by atoms with Crippen molar-refractivity contribution in [3.63, 3.8) is 0 Å². The van der Waals surface area contributed by atoms with Gasteiger partial charge in [0.05, 0.1) is 19.8 Å². The summed E-state index contributed by atoms with van der Waals surface area (Å²) in [5, 5.41) is 8.10. The molecule has 24 heteroatoms. The average molecular weight is 1080 g/mol. The number of thioether (sulfide) groups is 3. The zero-order valence-corrected chi connectivity index (χ0v) is 45.0. The van der Waals surface area contributed by atoms with Gasteiger partial charge in [-0.15, -0.1) is 0 Å². The van der Waals surface area contributed by atoms with E-state index in [0.29, 0.717) is 148 Å². The van der Waals surface area contributed by atoms with Crippen molar-refractivity contribution >= 4 is 71.5 Å². The lowest BCUT2D eigenvalue weighted by Gasteiger charge is -2.14. The van der Waals surface area contributed by atoms with E-state index >= 15 is 0 Å². The van der Waals surface area contributed by atoms with Crippen LogP contribution in [0.4, 0.5) is 14.4 Å². The molecule has 3 N–H and O–H groups in total. The van der Waals surface area contributed by atoms with E-state index in [1.165, 1.54) is 35.3 Å². The molecule has 0 aliphatic carbocycles. The second-order valence-electron chi connectivity index (χ2n) is 15.9. The van der Waals surface area contributed by atoms with Crippen LogP contribution in [0.15, 0.2) is 50.8 Å². The van der Waals surface area contributed by atoms with Crippen molar-refractivity contribution in [3.05, 3.63) is 67.9 Å². The summed E-state index contributed by atoms with van der Waals surface area (Å²) in [6, 6.07) is 0. The first kappa shape index (κ1) is 64.9. The van der Waals surface area contributed by atoms with Crippen molar-refractivity contribution in [1.82, 2.24) is 29.7 Å². The highest BCUT2D eigenvalue weighted by molar-refractivity contribution is 7.99. The monoisotopic (exact) mass is 1070 g/mol. The molecule has 0 radical (unpaired) electrons. The molecule has 0 atom stereocenters. The van der Waals surface area contributed by atoms with E-state index in [2.05, 4.69) is 35.7 Å². The maximum Gasteiger partial charge on any atom is 0.407 e. The lowest BCUT2D eigenvalue weighted by Crippen LogP contribution is -2.54. The van der Waals surface area contributed by atoms with Gasteiger partial charge < -0.3 is 44.4 Å². The minimum absolute atomic E-state index is 0.111. The first-order valence-electron chi connectivity index (χ1n) is 24.6. The summed E-state index contributed by atoms with van der Waals surface area (Å²) < 4.78 is 33.6. The molecular weight excluding hydrogens is 997 g/mol. The number of hydrogen-bond acceptors (Lipinski definition) is 18. The largest absolute Gasteiger partial charge is 0.463 e. The van der Waals surface area contributed by atoms with Gasteiger partial charge in [0.2, 0.25) is 0 Å². The van der Waals surface area contributed by atoms with Crippen LogP contribution < -0.4 is 33.0 Å². The molecule has 0 bridgehead atoms. The number of esters is 3. The molecule has 0 spiro atoms. The summed E-state index contributed by atoms with van der Waals surface area (Å²) >= 11 is 4.20. The highest BCUT2D eigenvalue weighted by Crippen LogP contribution is 2.11. The molecular formula is C48H78N6O15S3. The van der Waals surface area contributed by atoms with E-state index in [4.69, 9.17) is 28.4 Å². The van der Waals surface area contributed by atoms with Crippen molar-refractivity contribution in [2.45, 2.75) is 117 Å². The second kappa shape index (κ2) is 41.4. The number of unbranched alkanes of at least 4 members (excludes halogenated alkanes) is 9. The van der Waals surface area contributed by atoms with E-state index in [0.717, 1.165) is 13.7 Å². The standard InChI is InChI=1S/C48H78N6O15S3/c1-7-64-40(55)37(4)34-70-31-28-67-43(58)49-22-16-10-13-19-25-52-46(61)53(26-20-14-11-17-23-50-44(59)68-29-32-71-35-38(5)41(56)65-8-2)48(63)54(47(52)62)27-21-15-12-18-24-51-45(60)69-30-33-72-36-39(6)42(57)66-9-3/h4-36H2,1-3H3,(H,49,58)(H,50,59)(H,51,60). The van der Waals surface area contributed by atoms with Gasteiger partial charge in [-0.05, 0) is 59.3 Å². The van der Waals surface area contributed by atoms with Crippen LogP contribution >= 0.6 is 35.3 Å². The van der Waals surface area contributed by atoms with Crippen LogP contribution in [0.25, 0.3) is 0 Å². The predicted molar refractivity (Wildman–Crippen MR) is 282 cm³/mol. The molecule has 1 heterocycles. The Morgan fingerprint density at radius 3 is 0.903 bits per heavy atom. The van der Waals surface area contributed by atoms with Crippen LogP contribution in [-0.4, -0.2) is 144 Å². The van der Waals surface area contributed by atoms with Gasteiger partial charge in [-0.1, -0.05) is 58.3 Å².